The second-order valence-corrected chi connectivity index (χ2v) is 6.04. The number of alkyl halides is 3. The molecule has 0 aliphatic carbocycles. The van der Waals surface area contributed by atoms with Crippen LogP contribution in [-0.4, -0.2) is 37.6 Å². The van der Waals surface area contributed by atoms with Crippen LogP contribution in [0, 0.1) is 0 Å². The van der Waals surface area contributed by atoms with Gasteiger partial charge in [0.1, 0.15) is 5.75 Å². The molecule has 1 atom stereocenters. The van der Waals surface area contributed by atoms with Gasteiger partial charge in [-0.2, -0.15) is 13.2 Å². The van der Waals surface area contributed by atoms with Crippen LogP contribution in [-0.2, 0) is 6.18 Å². The van der Waals surface area contributed by atoms with Crippen LogP contribution in [0.25, 0.3) is 0 Å². The van der Waals surface area contributed by atoms with Crippen LogP contribution in [0.5, 0.6) is 5.75 Å². The zero-order chi connectivity index (χ0) is 18.7. The number of piperazine rings is 1. The molecule has 4 nitrogen and oxygen atoms in total. The first-order valence-electron chi connectivity index (χ1n) is 8.23. The van der Waals surface area contributed by atoms with Crippen molar-refractivity contribution < 1.29 is 22.7 Å². The van der Waals surface area contributed by atoms with Crippen molar-refractivity contribution in [2.45, 2.75) is 12.2 Å². The molecule has 1 aliphatic heterocycles. The van der Waals surface area contributed by atoms with Crippen LogP contribution in [0.2, 0.25) is 0 Å². The van der Waals surface area contributed by atoms with Crippen LogP contribution in [0.1, 0.15) is 27.5 Å². The fourth-order valence-corrected chi connectivity index (χ4v) is 3.16. The summed E-state index contributed by atoms with van der Waals surface area (Å²) in [7, 11) is 1.55. The van der Waals surface area contributed by atoms with Crippen LogP contribution < -0.4 is 10.1 Å². The number of hydrogen-bond acceptors (Lipinski definition) is 3. The molecule has 0 bridgehead atoms. The lowest BCUT2D eigenvalue weighted by molar-refractivity contribution is -0.137. The van der Waals surface area contributed by atoms with Crippen molar-refractivity contribution in [1.29, 1.82) is 0 Å². The number of carbonyl (C=O) groups excluding carboxylic acids is 1. The van der Waals surface area contributed by atoms with Gasteiger partial charge in [-0.25, -0.2) is 0 Å². The summed E-state index contributed by atoms with van der Waals surface area (Å²) >= 11 is 0. The number of rotatable bonds is 3. The minimum atomic E-state index is -4.48. The van der Waals surface area contributed by atoms with E-state index in [0.29, 0.717) is 25.4 Å². The van der Waals surface area contributed by atoms with E-state index in [2.05, 4.69) is 5.32 Å². The third-order valence-corrected chi connectivity index (χ3v) is 4.44. The number of methoxy groups -OCH3 is 1. The van der Waals surface area contributed by atoms with Crippen LogP contribution >= 0.6 is 12.4 Å². The van der Waals surface area contributed by atoms with Gasteiger partial charge in [0.15, 0.2) is 0 Å². The van der Waals surface area contributed by atoms with Gasteiger partial charge in [-0.15, -0.1) is 12.4 Å². The summed E-state index contributed by atoms with van der Waals surface area (Å²) in [6.45, 7) is 1.49. The van der Waals surface area contributed by atoms with E-state index in [-0.39, 0.29) is 24.0 Å². The Hall–Kier alpha value is -2.25. The number of hydrogen-bond donors (Lipinski definition) is 1. The van der Waals surface area contributed by atoms with Crippen molar-refractivity contribution in [2.24, 2.45) is 0 Å². The van der Waals surface area contributed by atoms with E-state index in [9.17, 15) is 18.0 Å². The van der Waals surface area contributed by atoms with E-state index in [1.807, 2.05) is 18.2 Å². The molecule has 1 fully saturated rings. The van der Waals surface area contributed by atoms with E-state index < -0.39 is 17.6 Å². The zero-order valence-electron chi connectivity index (χ0n) is 14.6. The minimum absolute atomic E-state index is 0. The Labute approximate surface area is 161 Å². The number of amides is 1. The third kappa shape index (κ3) is 4.54. The smallest absolute Gasteiger partial charge is 0.416 e. The maximum absolute atomic E-state index is 13.0. The Kier molecular flexibility index (Phi) is 6.73. The molecule has 8 heteroatoms. The summed E-state index contributed by atoms with van der Waals surface area (Å²) in [6, 6.07) is 11.6. The van der Waals surface area contributed by atoms with Gasteiger partial charge in [0.2, 0.25) is 0 Å². The fraction of sp³-hybridized carbons (Fsp3) is 0.316. The van der Waals surface area contributed by atoms with Crippen LogP contribution in [0.4, 0.5) is 13.2 Å². The van der Waals surface area contributed by atoms with Gasteiger partial charge in [0.05, 0.1) is 18.7 Å². The third-order valence-electron chi connectivity index (χ3n) is 4.44. The molecule has 0 radical (unpaired) electrons. The van der Waals surface area contributed by atoms with Gasteiger partial charge in [0.25, 0.3) is 5.91 Å². The predicted molar refractivity (Wildman–Crippen MR) is 98.3 cm³/mol. The number of para-hydroxylation sites is 1. The number of carbonyl (C=O) groups is 1. The SMILES string of the molecule is COc1ccccc1C1CNCCN1C(=O)c1cccc(C(F)(F)F)c1.Cl. The number of ether oxygens (including phenoxy) is 1. The lowest BCUT2D eigenvalue weighted by Gasteiger charge is -2.37. The van der Waals surface area contributed by atoms with Crippen molar-refractivity contribution in [1.82, 2.24) is 10.2 Å². The second-order valence-electron chi connectivity index (χ2n) is 6.04. The monoisotopic (exact) mass is 400 g/mol. The maximum atomic E-state index is 13.0. The van der Waals surface area contributed by atoms with E-state index in [4.69, 9.17) is 4.74 Å². The molecule has 27 heavy (non-hydrogen) atoms. The van der Waals surface area contributed by atoms with E-state index >= 15 is 0 Å². The first-order chi connectivity index (χ1) is 12.4. The molecule has 2 aromatic carbocycles. The number of halogens is 4. The molecule has 1 unspecified atom stereocenters. The Bertz CT molecular complexity index is 799. The number of nitrogens with one attached hydrogen (secondary N) is 1. The molecular weight excluding hydrogens is 381 g/mol. The Morgan fingerprint density at radius 1 is 1.19 bits per heavy atom. The minimum Gasteiger partial charge on any atom is -0.496 e. The van der Waals surface area contributed by atoms with Gasteiger partial charge in [-0.3, -0.25) is 4.79 Å². The van der Waals surface area contributed by atoms with Crippen molar-refractivity contribution >= 4 is 18.3 Å². The van der Waals surface area contributed by atoms with Gasteiger partial charge < -0.3 is 15.0 Å². The van der Waals surface area contributed by atoms with E-state index in [1.54, 1.807) is 18.1 Å². The quantitative estimate of drug-likeness (QED) is 0.849. The molecular formula is C19H20ClF3N2O2. The molecule has 0 spiro atoms. The van der Waals surface area contributed by atoms with Crippen molar-refractivity contribution in [3.8, 4) is 5.75 Å². The van der Waals surface area contributed by atoms with E-state index in [1.165, 1.54) is 12.1 Å². The van der Waals surface area contributed by atoms with Crippen LogP contribution in [0.3, 0.4) is 0 Å². The van der Waals surface area contributed by atoms with Gasteiger partial charge in [-0.1, -0.05) is 24.3 Å². The molecule has 1 heterocycles. The van der Waals surface area contributed by atoms with Crippen molar-refractivity contribution in [3.05, 3.63) is 65.2 Å². The van der Waals surface area contributed by atoms with E-state index in [0.717, 1.165) is 17.7 Å². The van der Waals surface area contributed by atoms with Gasteiger partial charge in [0, 0.05) is 30.8 Å². The molecule has 146 valence electrons. The average Bonchev–Trinajstić information content (AvgIpc) is 2.67. The molecule has 1 amide bonds. The van der Waals surface area contributed by atoms with Gasteiger partial charge >= 0.3 is 6.18 Å². The topological polar surface area (TPSA) is 41.6 Å². The molecule has 1 N–H and O–H groups in total. The molecule has 0 aromatic heterocycles. The highest BCUT2D eigenvalue weighted by molar-refractivity contribution is 5.95. The first kappa shape index (κ1) is 21.1. The summed E-state index contributed by atoms with van der Waals surface area (Å²) in [6.07, 6.45) is -4.48. The Morgan fingerprint density at radius 3 is 2.63 bits per heavy atom. The zero-order valence-corrected chi connectivity index (χ0v) is 15.4. The second kappa shape index (κ2) is 8.63. The van der Waals surface area contributed by atoms with Crippen molar-refractivity contribution in [3.63, 3.8) is 0 Å². The van der Waals surface area contributed by atoms with Gasteiger partial charge in [-0.05, 0) is 24.3 Å². The molecule has 0 saturated carbocycles. The summed E-state index contributed by atoms with van der Waals surface area (Å²) in [4.78, 5) is 14.6. The largest absolute Gasteiger partial charge is 0.496 e. The summed E-state index contributed by atoms with van der Waals surface area (Å²) in [5, 5.41) is 3.23. The highest BCUT2D eigenvalue weighted by atomic mass is 35.5. The standard InChI is InChI=1S/C19H19F3N2O2.ClH/c1-26-17-8-3-2-7-15(17)16-12-23-9-10-24(16)18(25)13-5-4-6-14(11-13)19(20,21)22;/h2-8,11,16,23H,9-10,12H2,1H3;1H. The lowest BCUT2D eigenvalue weighted by atomic mass is 10.0. The highest BCUT2D eigenvalue weighted by Crippen LogP contribution is 2.33. The fourth-order valence-electron chi connectivity index (χ4n) is 3.16. The lowest BCUT2D eigenvalue weighted by Crippen LogP contribution is -2.48. The first-order valence-corrected chi connectivity index (χ1v) is 8.23. The molecule has 1 saturated heterocycles. The Morgan fingerprint density at radius 2 is 1.93 bits per heavy atom. The normalized spacial score (nSPS) is 17.2. The maximum Gasteiger partial charge on any atom is 0.416 e. The average molecular weight is 401 g/mol. The summed E-state index contributed by atoms with van der Waals surface area (Å²) in [5.74, 6) is 0.219. The Balaban J connectivity index is 0.00000261. The number of benzene rings is 2. The molecule has 1 aliphatic rings. The van der Waals surface area contributed by atoms with Crippen molar-refractivity contribution in [2.75, 3.05) is 26.7 Å². The molecule has 3 rings (SSSR count). The predicted octanol–water partition coefficient (Wildman–Crippen LogP) is 3.92. The molecule has 2 aromatic rings. The highest BCUT2D eigenvalue weighted by Gasteiger charge is 2.33. The number of nitrogens with zero attached hydrogens (tertiary/aromatic N) is 1. The summed E-state index contributed by atoms with van der Waals surface area (Å²) < 4.78 is 44.3. The summed E-state index contributed by atoms with van der Waals surface area (Å²) in [5.41, 5.74) is 0.0245. The van der Waals surface area contributed by atoms with Crippen LogP contribution in [0.15, 0.2) is 48.5 Å².